The van der Waals surface area contributed by atoms with Crippen LogP contribution in [0.5, 0.6) is 0 Å². The fourth-order valence-corrected chi connectivity index (χ4v) is 2.01. The van der Waals surface area contributed by atoms with E-state index in [2.05, 4.69) is 33.9 Å². The average molecular weight is 234 g/mol. The summed E-state index contributed by atoms with van der Waals surface area (Å²) in [6.07, 6.45) is 3.78. The molecular weight excluding hydrogens is 220 g/mol. The van der Waals surface area contributed by atoms with E-state index < -0.39 is 0 Å². The van der Waals surface area contributed by atoms with E-state index in [1.807, 2.05) is 23.7 Å². The molecule has 5 heteroatoms. The van der Waals surface area contributed by atoms with Gasteiger partial charge in [0, 0.05) is 17.6 Å². The second-order valence-corrected chi connectivity index (χ2v) is 4.26. The quantitative estimate of drug-likeness (QED) is 0.823. The molecule has 16 heavy (non-hydrogen) atoms. The van der Waals surface area contributed by atoms with Crippen molar-refractivity contribution in [1.82, 2.24) is 14.8 Å². The standard InChI is InChI=1S/C11H14N4S/c1-15-8-13-14-11(15)7-12-9-5-3-4-6-10(9)16-2/h3-6,8,12H,7H2,1-2H3. The predicted octanol–water partition coefficient (Wildman–Crippen LogP) is 2.15. The van der Waals surface area contributed by atoms with Crippen LogP contribution in [0.4, 0.5) is 5.69 Å². The summed E-state index contributed by atoms with van der Waals surface area (Å²) >= 11 is 1.73. The molecule has 1 aromatic carbocycles. The van der Waals surface area contributed by atoms with Gasteiger partial charge in [0.15, 0.2) is 5.82 Å². The number of rotatable bonds is 4. The van der Waals surface area contributed by atoms with Crippen LogP contribution in [0, 0.1) is 0 Å². The van der Waals surface area contributed by atoms with E-state index in [9.17, 15) is 0 Å². The number of hydrogen-bond donors (Lipinski definition) is 1. The normalized spacial score (nSPS) is 10.4. The molecule has 1 heterocycles. The van der Waals surface area contributed by atoms with Gasteiger partial charge in [-0.3, -0.25) is 0 Å². The Morgan fingerprint density at radius 2 is 2.19 bits per heavy atom. The van der Waals surface area contributed by atoms with E-state index in [1.165, 1.54) is 4.90 Å². The third-order valence-corrected chi connectivity index (χ3v) is 3.14. The monoisotopic (exact) mass is 234 g/mol. The third kappa shape index (κ3) is 2.36. The topological polar surface area (TPSA) is 42.7 Å². The van der Waals surface area contributed by atoms with Crippen molar-refractivity contribution in [2.24, 2.45) is 7.05 Å². The maximum absolute atomic E-state index is 4.03. The van der Waals surface area contributed by atoms with Gasteiger partial charge in [-0.25, -0.2) is 0 Å². The summed E-state index contributed by atoms with van der Waals surface area (Å²) < 4.78 is 1.91. The first-order valence-electron chi connectivity index (χ1n) is 5.01. The van der Waals surface area contributed by atoms with Crippen molar-refractivity contribution in [3.8, 4) is 0 Å². The minimum absolute atomic E-state index is 0.689. The van der Waals surface area contributed by atoms with E-state index in [1.54, 1.807) is 18.1 Å². The number of thioether (sulfide) groups is 1. The molecule has 1 N–H and O–H groups in total. The van der Waals surface area contributed by atoms with Gasteiger partial charge < -0.3 is 9.88 Å². The van der Waals surface area contributed by atoms with Crippen LogP contribution >= 0.6 is 11.8 Å². The Hall–Kier alpha value is -1.49. The third-order valence-electron chi connectivity index (χ3n) is 2.35. The molecule has 0 saturated carbocycles. The summed E-state index contributed by atoms with van der Waals surface area (Å²) in [5, 5.41) is 11.2. The Labute approximate surface area is 99.1 Å². The lowest BCUT2D eigenvalue weighted by atomic mass is 10.3. The van der Waals surface area contributed by atoms with Gasteiger partial charge in [-0.15, -0.1) is 22.0 Å². The molecule has 84 valence electrons. The molecule has 0 bridgehead atoms. The molecule has 0 aliphatic heterocycles. The molecule has 0 atom stereocenters. The first kappa shape index (κ1) is 11.0. The number of hydrogen-bond acceptors (Lipinski definition) is 4. The molecule has 1 aromatic heterocycles. The Bertz CT molecular complexity index is 467. The van der Waals surface area contributed by atoms with Gasteiger partial charge in [0.25, 0.3) is 0 Å². The highest BCUT2D eigenvalue weighted by molar-refractivity contribution is 7.98. The fourth-order valence-electron chi connectivity index (χ4n) is 1.43. The lowest BCUT2D eigenvalue weighted by molar-refractivity contribution is 0.811. The molecule has 4 nitrogen and oxygen atoms in total. The van der Waals surface area contributed by atoms with Gasteiger partial charge in [0.1, 0.15) is 6.33 Å². The van der Waals surface area contributed by atoms with Crippen molar-refractivity contribution in [2.45, 2.75) is 11.4 Å². The molecular formula is C11H14N4S. The first-order valence-corrected chi connectivity index (χ1v) is 6.23. The fraction of sp³-hybridized carbons (Fsp3) is 0.273. The molecule has 0 aliphatic rings. The molecule has 0 amide bonds. The average Bonchev–Trinajstić information content (AvgIpc) is 2.72. The van der Waals surface area contributed by atoms with Crippen LogP contribution in [0.1, 0.15) is 5.82 Å². The largest absolute Gasteiger partial charge is 0.377 e. The lowest BCUT2D eigenvalue weighted by Crippen LogP contribution is -2.06. The van der Waals surface area contributed by atoms with Crippen molar-refractivity contribution in [3.05, 3.63) is 36.4 Å². The summed E-state index contributed by atoms with van der Waals surface area (Å²) in [7, 11) is 1.94. The molecule has 2 rings (SSSR count). The van der Waals surface area contributed by atoms with Crippen molar-refractivity contribution >= 4 is 17.4 Å². The van der Waals surface area contributed by atoms with Crippen molar-refractivity contribution in [2.75, 3.05) is 11.6 Å². The summed E-state index contributed by atoms with van der Waals surface area (Å²) in [6.45, 7) is 0.689. The Kier molecular flexibility index (Phi) is 3.46. The highest BCUT2D eigenvalue weighted by atomic mass is 32.2. The number of benzene rings is 1. The smallest absolute Gasteiger partial charge is 0.151 e. The zero-order chi connectivity index (χ0) is 11.4. The van der Waals surface area contributed by atoms with Crippen LogP contribution in [0.15, 0.2) is 35.5 Å². The van der Waals surface area contributed by atoms with E-state index >= 15 is 0 Å². The highest BCUT2D eigenvalue weighted by Crippen LogP contribution is 2.24. The highest BCUT2D eigenvalue weighted by Gasteiger charge is 2.02. The number of nitrogens with zero attached hydrogens (tertiary/aromatic N) is 3. The van der Waals surface area contributed by atoms with E-state index in [0.717, 1.165) is 11.5 Å². The maximum Gasteiger partial charge on any atom is 0.151 e. The number of nitrogens with one attached hydrogen (secondary N) is 1. The molecule has 0 saturated heterocycles. The van der Waals surface area contributed by atoms with Gasteiger partial charge in [-0.05, 0) is 18.4 Å². The van der Waals surface area contributed by atoms with E-state index in [-0.39, 0.29) is 0 Å². The number of aromatic nitrogens is 3. The second-order valence-electron chi connectivity index (χ2n) is 3.41. The molecule has 0 radical (unpaired) electrons. The summed E-state index contributed by atoms with van der Waals surface area (Å²) in [5.74, 6) is 0.927. The van der Waals surface area contributed by atoms with Gasteiger partial charge in [-0.1, -0.05) is 12.1 Å². The maximum atomic E-state index is 4.03. The number of aryl methyl sites for hydroxylation is 1. The molecule has 0 fully saturated rings. The van der Waals surface area contributed by atoms with Crippen LogP contribution in [-0.4, -0.2) is 21.0 Å². The number of para-hydroxylation sites is 1. The second kappa shape index (κ2) is 5.03. The molecule has 0 aliphatic carbocycles. The van der Waals surface area contributed by atoms with Crippen LogP contribution in [-0.2, 0) is 13.6 Å². The molecule has 0 unspecified atom stereocenters. The van der Waals surface area contributed by atoms with Gasteiger partial charge >= 0.3 is 0 Å². The van der Waals surface area contributed by atoms with Crippen LogP contribution in [0.2, 0.25) is 0 Å². The van der Waals surface area contributed by atoms with Crippen molar-refractivity contribution in [3.63, 3.8) is 0 Å². The van der Waals surface area contributed by atoms with E-state index in [4.69, 9.17) is 0 Å². The zero-order valence-electron chi connectivity index (χ0n) is 9.34. The first-order chi connectivity index (χ1) is 7.81. The van der Waals surface area contributed by atoms with Crippen LogP contribution in [0.3, 0.4) is 0 Å². The summed E-state index contributed by atoms with van der Waals surface area (Å²) in [6, 6.07) is 8.24. The summed E-state index contributed by atoms with van der Waals surface area (Å²) in [5.41, 5.74) is 1.14. The minimum Gasteiger partial charge on any atom is -0.377 e. The molecule has 0 spiro atoms. The predicted molar refractivity (Wildman–Crippen MR) is 66.6 cm³/mol. The lowest BCUT2D eigenvalue weighted by Gasteiger charge is -2.09. The van der Waals surface area contributed by atoms with Crippen molar-refractivity contribution < 1.29 is 0 Å². The Balaban J connectivity index is 2.07. The Morgan fingerprint density at radius 3 is 2.88 bits per heavy atom. The zero-order valence-corrected chi connectivity index (χ0v) is 10.2. The van der Waals surface area contributed by atoms with E-state index in [0.29, 0.717) is 6.54 Å². The van der Waals surface area contributed by atoms with Crippen molar-refractivity contribution in [1.29, 1.82) is 0 Å². The van der Waals surface area contributed by atoms with Gasteiger partial charge in [0.05, 0.1) is 6.54 Å². The number of anilines is 1. The van der Waals surface area contributed by atoms with Gasteiger partial charge in [-0.2, -0.15) is 0 Å². The minimum atomic E-state index is 0.689. The van der Waals surface area contributed by atoms with Crippen LogP contribution < -0.4 is 5.32 Å². The van der Waals surface area contributed by atoms with Gasteiger partial charge in [0.2, 0.25) is 0 Å². The SMILES string of the molecule is CSc1ccccc1NCc1nncn1C. The Morgan fingerprint density at radius 1 is 1.38 bits per heavy atom. The molecule has 2 aromatic rings. The summed E-state index contributed by atoms with van der Waals surface area (Å²) in [4.78, 5) is 1.24. The van der Waals surface area contributed by atoms with Crippen LogP contribution in [0.25, 0.3) is 0 Å².